The molecule has 0 unspecified atom stereocenters. The summed E-state index contributed by atoms with van der Waals surface area (Å²) >= 11 is 0. The van der Waals surface area contributed by atoms with Crippen LogP contribution in [0.2, 0.25) is 0 Å². The van der Waals surface area contributed by atoms with Crippen molar-refractivity contribution in [3.8, 4) is 0 Å². The van der Waals surface area contributed by atoms with Crippen molar-refractivity contribution in [3.63, 3.8) is 0 Å². The quantitative estimate of drug-likeness (QED) is 0.455. The first-order valence-electron chi connectivity index (χ1n) is 7.15. The van der Waals surface area contributed by atoms with Crippen molar-refractivity contribution in [2.45, 2.75) is 57.8 Å². The Morgan fingerprint density at radius 2 is 1.35 bits per heavy atom. The van der Waals surface area contributed by atoms with Gasteiger partial charge in [0.2, 0.25) is 0 Å². The van der Waals surface area contributed by atoms with Gasteiger partial charge >= 0.3 is 11.9 Å². The number of aliphatic carboxylic acids is 2. The highest BCUT2D eigenvalue weighted by Gasteiger charge is 2.49. The van der Waals surface area contributed by atoms with Gasteiger partial charge in [-0.25, -0.2) is 0 Å². The number of carbonyl (C=O) groups is 2. The molecule has 1 saturated carbocycles. The van der Waals surface area contributed by atoms with Crippen LogP contribution in [0.5, 0.6) is 0 Å². The van der Waals surface area contributed by atoms with Crippen molar-refractivity contribution in [2.24, 2.45) is 5.41 Å². The van der Waals surface area contributed by atoms with E-state index in [1.165, 1.54) is 0 Å². The number of carboxylic acid groups (broad SMARTS) is 2. The zero-order valence-electron chi connectivity index (χ0n) is 11.9. The predicted molar refractivity (Wildman–Crippen MR) is 73.4 cm³/mol. The summed E-state index contributed by atoms with van der Waals surface area (Å²) in [5.74, 6) is -1.37. The van der Waals surface area contributed by atoms with E-state index in [2.05, 4.69) is 0 Å². The molecule has 118 valence electrons. The van der Waals surface area contributed by atoms with Crippen LogP contribution in [0.3, 0.4) is 0 Å². The van der Waals surface area contributed by atoms with E-state index < -0.39 is 11.9 Å². The molecule has 0 aromatic rings. The second-order valence-corrected chi connectivity index (χ2v) is 5.19. The van der Waals surface area contributed by atoms with Crippen LogP contribution in [-0.4, -0.2) is 45.6 Å². The fraction of sp³-hybridized carbons (Fsp3) is 0.857. The summed E-state index contributed by atoms with van der Waals surface area (Å²) in [5, 5.41) is 32.6. The molecule has 0 aromatic heterocycles. The topological polar surface area (TPSA) is 115 Å². The minimum Gasteiger partial charge on any atom is -0.481 e. The predicted octanol–water partition coefficient (Wildman–Crippen LogP) is 1.64. The Balaban J connectivity index is 0.000000796. The van der Waals surface area contributed by atoms with Gasteiger partial charge in [0.1, 0.15) is 0 Å². The molecular weight excluding hydrogens is 264 g/mol. The number of hydrogen-bond acceptors (Lipinski definition) is 4. The fourth-order valence-corrected chi connectivity index (χ4v) is 1.99. The molecule has 0 bridgehead atoms. The molecule has 0 atom stereocenters. The highest BCUT2D eigenvalue weighted by atomic mass is 16.4. The van der Waals surface area contributed by atoms with Crippen molar-refractivity contribution >= 4 is 11.9 Å². The van der Waals surface area contributed by atoms with Gasteiger partial charge in [0.05, 0.1) is 18.6 Å². The Morgan fingerprint density at radius 1 is 0.850 bits per heavy atom. The summed E-state index contributed by atoms with van der Waals surface area (Å²) in [6.07, 6.45) is 7.38. The first kappa shape index (κ1) is 18.9. The van der Waals surface area contributed by atoms with E-state index in [0.29, 0.717) is 0 Å². The summed E-state index contributed by atoms with van der Waals surface area (Å²) in [6, 6.07) is 0. The van der Waals surface area contributed by atoms with Crippen LogP contribution in [0.1, 0.15) is 57.8 Å². The maximum absolute atomic E-state index is 10.9. The first-order chi connectivity index (χ1) is 9.48. The third-order valence-corrected chi connectivity index (χ3v) is 3.45. The van der Waals surface area contributed by atoms with E-state index in [1.54, 1.807) is 0 Å². The van der Waals surface area contributed by atoms with E-state index in [0.717, 1.165) is 51.4 Å². The summed E-state index contributed by atoms with van der Waals surface area (Å²) in [7, 11) is 0. The van der Waals surface area contributed by atoms with Crippen molar-refractivity contribution in [1.29, 1.82) is 0 Å². The van der Waals surface area contributed by atoms with Gasteiger partial charge in [-0.05, 0) is 25.7 Å². The molecule has 6 nitrogen and oxygen atoms in total. The largest absolute Gasteiger partial charge is 0.481 e. The molecule has 0 heterocycles. The SMILES string of the molecule is O=C(O)CCCCCCCC1(C(=O)O)CC1.OCCO. The molecule has 0 spiro atoms. The van der Waals surface area contributed by atoms with Crippen LogP contribution in [0.15, 0.2) is 0 Å². The van der Waals surface area contributed by atoms with Crippen LogP contribution in [-0.2, 0) is 9.59 Å². The lowest BCUT2D eigenvalue weighted by atomic mass is 9.98. The average molecular weight is 290 g/mol. The number of unbranched alkanes of at least 4 members (excludes halogenated alkanes) is 4. The number of aliphatic hydroxyl groups excluding tert-OH is 2. The van der Waals surface area contributed by atoms with Crippen LogP contribution < -0.4 is 0 Å². The van der Waals surface area contributed by atoms with Gasteiger partial charge in [-0.15, -0.1) is 0 Å². The third kappa shape index (κ3) is 8.87. The van der Waals surface area contributed by atoms with Crippen molar-refractivity contribution in [1.82, 2.24) is 0 Å². The zero-order chi connectivity index (χ0) is 15.4. The van der Waals surface area contributed by atoms with Gasteiger partial charge in [-0.1, -0.05) is 25.7 Å². The van der Waals surface area contributed by atoms with Gasteiger partial charge in [-0.2, -0.15) is 0 Å². The molecule has 0 radical (unpaired) electrons. The van der Waals surface area contributed by atoms with Crippen LogP contribution in [0.4, 0.5) is 0 Å². The lowest BCUT2D eigenvalue weighted by molar-refractivity contribution is -0.143. The minimum atomic E-state index is -0.734. The molecule has 0 aromatic carbocycles. The highest BCUT2D eigenvalue weighted by Crippen LogP contribution is 2.50. The summed E-state index contributed by atoms with van der Waals surface area (Å²) < 4.78 is 0. The zero-order valence-corrected chi connectivity index (χ0v) is 11.9. The molecule has 0 aliphatic heterocycles. The number of hydrogen-bond donors (Lipinski definition) is 4. The normalized spacial score (nSPS) is 15.1. The molecule has 1 aliphatic carbocycles. The molecule has 20 heavy (non-hydrogen) atoms. The Hall–Kier alpha value is -1.14. The maximum atomic E-state index is 10.9. The van der Waals surface area contributed by atoms with E-state index >= 15 is 0 Å². The van der Waals surface area contributed by atoms with Gasteiger partial charge in [0.25, 0.3) is 0 Å². The van der Waals surface area contributed by atoms with E-state index in [1.807, 2.05) is 0 Å². The second-order valence-electron chi connectivity index (χ2n) is 5.19. The monoisotopic (exact) mass is 290 g/mol. The van der Waals surface area contributed by atoms with E-state index in [4.69, 9.17) is 20.4 Å². The van der Waals surface area contributed by atoms with Crippen molar-refractivity contribution in [3.05, 3.63) is 0 Å². The summed E-state index contributed by atoms with van der Waals surface area (Å²) in [5.41, 5.74) is -0.388. The van der Waals surface area contributed by atoms with Gasteiger partial charge in [0.15, 0.2) is 0 Å². The van der Waals surface area contributed by atoms with Gasteiger partial charge in [-0.3, -0.25) is 9.59 Å². The fourth-order valence-electron chi connectivity index (χ4n) is 1.99. The van der Waals surface area contributed by atoms with Crippen molar-refractivity contribution in [2.75, 3.05) is 13.2 Å². The smallest absolute Gasteiger partial charge is 0.309 e. The Bertz CT molecular complexity index is 283. The van der Waals surface area contributed by atoms with Gasteiger partial charge < -0.3 is 20.4 Å². The first-order valence-corrected chi connectivity index (χ1v) is 7.15. The average Bonchev–Trinajstić information content (AvgIpc) is 3.19. The number of rotatable bonds is 10. The number of carboxylic acids is 2. The number of aliphatic hydroxyl groups is 2. The minimum absolute atomic E-state index is 0.125. The van der Waals surface area contributed by atoms with Crippen LogP contribution >= 0.6 is 0 Å². The maximum Gasteiger partial charge on any atom is 0.309 e. The van der Waals surface area contributed by atoms with Crippen LogP contribution in [0, 0.1) is 5.41 Å². The lowest BCUT2D eigenvalue weighted by Gasteiger charge is -2.08. The lowest BCUT2D eigenvalue weighted by Crippen LogP contribution is -2.14. The molecule has 0 amide bonds. The standard InChI is InChI=1S/C12H20O4.C2H6O2/c13-10(14)6-4-2-1-3-5-7-12(8-9-12)11(15)16;3-1-2-4/h1-9H2,(H,13,14)(H,15,16);3-4H,1-2H2. The summed E-state index contributed by atoms with van der Waals surface area (Å²) in [6.45, 7) is -0.250. The molecular formula is C14H26O6. The highest BCUT2D eigenvalue weighted by molar-refractivity contribution is 5.77. The molecule has 6 heteroatoms. The molecule has 4 N–H and O–H groups in total. The molecule has 1 aliphatic rings. The Labute approximate surface area is 119 Å². The third-order valence-electron chi connectivity index (χ3n) is 3.45. The van der Waals surface area contributed by atoms with Crippen molar-refractivity contribution < 1.29 is 30.0 Å². The van der Waals surface area contributed by atoms with Crippen LogP contribution in [0.25, 0.3) is 0 Å². The molecule has 1 rings (SSSR count). The Morgan fingerprint density at radius 3 is 1.75 bits per heavy atom. The summed E-state index contributed by atoms with van der Waals surface area (Å²) in [4.78, 5) is 21.1. The Kier molecular flexibility index (Phi) is 10.0. The van der Waals surface area contributed by atoms with E-state index in [-0.39, 0.29) is 25.0 Å². The molecule has 1 fully saturated rings. The van der Waals surface area contributed by atoms with Gasteiger partial charge in [0, 0.05) is 6.42 Å². The molecule has 0 saturated heterocycles. The second kappa shape index (κ2) is 10.6. The van der Waals surface area contributed by atoms with E-state index in [9.17, 15) is 9.59 Å².